The molecule has 1 unspecified atom stereocenters. The molecule has 4 atom stereocenters. The second-order valence-electron chi connectivity index (χ2n) is 12.1. The molecule has 0 spiro atoms. The number of hydrogen-bond donors (Lipinski definition) is 4. The van der Waals surface area contributed by atoms with Crippen LogP contribution < -0.4 is 20.7 Å². The van der Waals surface area contributed by atoms with Crippen LogP contribution in [-0.4, -0.2) is 46.9 Å². The molecule has 42 heavy (non-hydrogen) atoms. The van der Waals surface area contributed by atoms with E-state index in [0.717, 1.165) is 51.6 Å². The number of alkyl halides is 2. The quantitative estimate of drug-likeness (QED) is 0.204. The van der Waals surface area contributed by atoms with Gasteiger partial charge < -0.3 is 25.8 Å². The van der Waals surface area contributed by atoms with Crippen LogP contribution in [0.3, 0.4) is 0 Å². The normalized spacial score (nSPS) is 25.0. The Kier molecular flexibility index (Phi) is 12.1. The average molecular weight is 585 g/mol. The first-order valence-electron chi connectivity index (χ1n) is 15.5. The van der Waals surface area contributed by atoms with Gasteiger partial charge in [-0.05, 0) is 88.2 Å². The van der Waals surface area contributed by atoms with E-state index in [9.17, 15) is 19.1 Å². The van der Waals surface area contributed by atoms with Crippen molar-refractivity contribution in [3.05, 3.63) is 41.6 Å². The van der Waals surface area contributed by atoms with Crippen LogP contribution in [0.1, 0.15) is 82.8 Å². The van der Waals surface area contributed by atoms with Crippen molar-refractivity contribution in [3.8, 4) is 11.8 Å². The SMILES string of the molecule is CCCC1C[C@@H](CNc2nc(NCc3ccccc3OC(F)F)ncc2C#N)C[C@H]([C@H](C)NCC2CCC(O)CC2)C1. The van der Waals surface area contributed by atoms with Crippen LogP contribution in [0, 0.1) is 35.0 Å². The fourth-order valence-corrected chi connectivity index (χ4v) is 6.66. The Balaban J connectivity index is 1.35. The van der Waals surface area contributed by atoms with Gasteiger partial charge in [0.15, 0.2) is 0 Å². The van der Waals surface area contributed by atoms with Gasteiger partial charge in [-0.3, -0.25) is 0 Å². The summed E-state index contributed by atoms with van der Waals surface area (Å²) < 4.78 is 30.2. The Morgan fingerprint density at radius 3 is 2.55 bits per heavy atom. The number of rotatable bonds is 14. The van der Waals surface area contributed by atoms with Crippen molar-refractivity contribution in [2.45, 2.75) is 96.9 Å². The van der Waals surface area contributed by atoms with Crippen LogP contribution in [0.5, 0.6) is 5.75 Å². The monoisotopic (exact) mass is 584 g/mol. The summed E-state index contributed by atoms with van der Waals surface area (Å²) in [5.41, 5.74) is 0.923. The number of aliphatic hydroxyl groups excluding tert-OH is 1. The maximum atomic E-state index is 12.8. The summed E-state index contributed by atoms with van der Waals surface area (Å²) in [6, 6.07) is 9.20. The van der Waals surface area contributed by atoms with E-state index in [-0.39, 0.29) is 18.4 Å². The number of nitriles is 1. The summed E-state index contributed by atoms with van der Waals surface area (Å²) in [6.45, 7) is 3.61. The van der Waals surface area contributed by atoms with Gasteiger partial charge in [-0.25, -0.2) is 4.98 Å². The summed E-state index contributed by atoms with van der Waals surface area (Å²) >= 11 is 0. The highest BCUT2D eigenvalue weighted by atomic mass is 19.3. The van der Waals surface area contributed by atoms with Crippen molar-refractivity contribution >= 4 is 11.8 Å². The first-order chi connectivity index (χ1) is 20.3. The Morgan fingerprint density at radius 2 is 1.81 bits per heavy atom. The largest absolute Gasteiger partial charge is 0.434 e. The van der Waals surface area contributed by atoms with Crippen LogP contribution in [0.4, 0.5) is 20.5 Å². The van der Waals surface area contributed by atoms with E-state index in [1.807, 2.05) is 0 Å². The maximum Gasteiger partial charge on any atom is 0.387 e. The van der Waals surface area contributed by atoms with Crippen LogP contribution in [0.2, 0.25) is 0 Å². The van der Waals surface area contributed by atoms with E-state index in [4.69, 9.17) is 0 Å². The molecule has 2 aliphatic rings. The molecule has 4 rings (SSSR count). The number of para-hydroxylation sites is 1. The first kappa shape index (κ1) is 31.9. The van der Waals surface area contributed by atoms with Gasteiger partial charge in [0.05, 0.1) is 12.3 Å². The summed E-state index contributed by atoms with van der Waals surface area (Å²) in [5, 5.41) is 29.9. The molecule has 0 saturated heterocycles. The number of ether oxygens (including phenoxy) is 1. The van der Waals surface area contributed by atoms with Gasteiger partial charge in [0, 0.05) is 24.7 Å². The molecule has 0 amide bonds. The molecule has 2 saturated carbocycles. The van der Waals surface area contributed by atoms with Crippen LogP contribution in [0.15, 0.2) is 30.5 Å². The van der Waals surface area contributed by atoms with Crippen molar-refractivity contribution in [2.24, 2.45) is 23.7 Å². The minimum absolute atomic E-state index is 0.0988. The zero-order chi connectivity index (χ0) is 29.9. The van der Waals surface area contributed by atoms with Gasteiger partial charge in [0.2, 0.25) is 5.95 Å². The van der Waals surface area contributed by atoms with Crippen LogP contribution in [-0.2, 0) is 6.54 Å². The zero-order valence-corrected chi connectivity index (χ0v) is 24.9. The lowest BCUT2D eigenvalue weighted by atomic mass is 9.71. The van der Waals surface area contributed by atoms with Gasteiger partial charge in [-0.15, -0.1) is 0 Å². The number of anilines is 2. The van der Waals surface area contributed by atoms with Gasteiger partial charge in [0.1, 0.15) is 23.2 Å². The van der Waals surface area contributed by atoms with E-state index < -0.39 is 6.61 Å². The molecule has 2 fully saturated rings. The van der Waals surface area contributed by atoms with Gasteiger partial charge in [-0.1, -0.05) is 38.0 Å². The Bertz CT molecular complexity index is 1150. The Morgan fingerprint density at radius 1 is 1.05 bits per heavy atom. The predicted molar refractivity (Wildman–Crippen MR) is 160 cm³/mol. The Labute approximate surface area is 248 Å². The van der Waals surface area contributed by atoms with E-state index >= 15 is 0 Å². The van der Waals surface area contributed by atoms with Crippen molar-refractivity contribution in [3.63, 3.8) is 0 Å². The smallest absolute Gasteiger partial charge is 0.387 e. The standard InChI is InChI=1S/C32H46F2N6O2/c1-3-6-23-13-24(15-26(14-23)21(2)36-17-22-9-11-28(41)12-10-22)18-37-30-27(16-35)20-39-32(40-30)38-19-25-7-4-5-8-29(25)42-31(33)34/h4-5,7-8,20-24,26,28,31,36,41H,3,6,9-15,17-19H2,1-2H3,(H2,37,38,39,40)/t21-,22?,23?,24+,26+,28?/m0/s1. The lowest BCUT2D eigenvalue weighted by Gasteiger charge is -2.39. The third-order valence-electron chi connectivity index (χ3n) is 8.98. The molecule has 10 heteroatoms. The van der Waals surface area contributed by atoms with E-state index in [0.29, 0.717) is 52.6 Å². The second-order valence-corrected chi connectivity index (χ2v) is 12.1. The number of hydrogen-bond acceptors (Lipinski definition) is 8. The highest BCUT2D eigenvalue weighted by molar-refractivity contribution is 5.53. The van der Waals surface area contributed by atoms with Crippen molar-refractivity contribution in [1.82, 2.24) is 15.3 Å². The average Bonchev–Trinajstić information content (AvgIpc) is 2.99. The molecule has 2 aliphatic carbocycles. The molecule has 0 aliphatic heterocycles. The summed E-state index contributed by atoms with van der Waals surface area (Å²) in [7, 11) is 0. The lowest BCUT2D eigenvalue weighted by molar-refractivity contribution is -0.0504. The van der Waals surface area contributed by atoms with Crippen molar-refractivity contribution < 1.29 is 18.6 Å². The van der Waals surface area contributed by atoms with Gasteiger partial charge in [0.25, 0.3) is 0 Å². The van der Waals surface area contributed by atoms with Crippen LogP contribution in [0.25, 0.3) is 0 Å². The number of benzene rings is 1. The third kappa shape index (κ3) is 9.50. The summed E-state index contributed by atoms with van der Waals surface area (Å²) in [4.78, 5) is 8.80. The molecule has 4 N–H and O–H groups in total. The van der Waals surface area contributed by atoms with Gasteiger partial charge >= 0.3 is 6.61 Å². The molecule has 1 aromatic heterocycles. The van der Waals surface area contributed by atoms with E-state index in [1.54, 1.807) is 18.2 Å². The molecule has 8 nitrogen and oxygen atoms in total. The molecule has 230 valence electrons. The molecule has 1 heterocycles. The molecular weight excluding hydrogens is 538 g/mol. The van der Waals surface area contributed by atoms with Crippen LogP contribution >= 0.6 is 0 Å². The third-order valence-corrected chi connectivity index (χ3v) is 8.98. The first-order valence-corrected chi connectivity index (χ1v) is 15.5. The fourth-order valence-electron chi connectivity index (χ4n) is 6.66. The number of nitrogens with zero attached hydrogens (tertiary/aromatic N) is 3. The van der Waals surface area contributed by atoms with Gasteiger partial charge in [-0.2, -0.15) is 19.0 Å². The van der Waals surface area contributed by atoms with E-state index in [2.05, 4.69) is 50.6 Å². The number of aliphatic hydroxyl groups is 1. The van der Waals surface area contributed by atoms with Crippen molar-refractivity contribution in [2.75, 3.05) is 23.7 Å². The van der Waals surface area contributed by atoms with E-state index in [1.165, 1.54) is 31.5 Å². The molecule has 0 bridgehead atoms. The highest BCUT2D eigenvalue weighted by Gasteiger charge is 2.32. The maximum absolute atomic E-state index is 12.8. The minimum Gasteiger partial charge on any atom is -0.434 e. The lowest BCUT2D eigenvalue weighted by Crippen LogP contribution is -2.42. The second kappa shape index (κ2) is 16.0. The highest BCUT2D eigenvalue weighted by Crippen LogP contribution is 2.38. The summed E-state index contributed by atoms with van der Waals surface area (Å²) in [5.74, 6) is 3.27. The molecular formula is C32H46F2N6O2. The predicted octanol–water partition coefficient (Wildman–Crippen LogP) is 6.34. The Hall–Kier alpha value is -3.03. The topological polar surface area (TPSA) is 115 Å². The molecule has 2 aromatic rings. The zero-order valence-electron chi connectivity index (χ0n) is 24.9. The molecule has 1 aromatic carbocycles. The number of aromatic nitrogens is 2. The number of halogens is 2. The minimum atomic E-state index is -2.91. The number of nitrogens with one attached hydrogen (secondary N) is 3. The fraction of sp³-hybridized carbons (Fsp3) is 0.656. The molecule has 0 radical (unpaired) electrons. The summed E-state index contributed by atoms with van der Waals surface area (Å²) in [6.07, 6.45) is 11.3. The van der Waals surface area contributed by atoms with Crippen molar-refractivity contribution in [1.29, 1.82) is 5.26 Å².